The second-order valence-corrected chi connectivity index (χ2v) is 9.51. The average molecular weight is 424 g/mol. The van der Waals surface area contributed by atoms with Gasteiger partial charge in [-0.15, -0.1) is 0 Å². The Hall–Kier alpha value is -1.78. The van der Waals surface area contributed by atoms with Gasteiger partial charge in [0.2, 0.25) is 0 Å². The molecular weight excluding hydrogens is 386 g/mol. The molecule has 3 rings (SSSR count). The Balaban J connectivity index is 1.64. The number of rotatable bonds is 11. The minimum absolute atomic E-state index is 0.297. The minimum atomic E-state index is 0.297. The Morgan fingerprint density at radius 1 is 1.10 bits per heavy atom. The van der Waals surface area contributed by atoms with Gasteiger partial charge in [-0.05, 0) is 62.9 Å². The van der Waals surface area contributed by atoms with Crippen LogP contribution in [0, 0.1) is 0 Å². The van der Waals surface area contributed by atoms with E-state index in [1.54, 1.807) is 0 Å². The summed E-state index contributed by atoms with van der Waals surface area (Å²) < 4.78 is 0. The van der Waals surface area contributed by atoms with E-state index in [1.165, 1.54) is 66.7 Å². The third kappa shape index (κ3) is 6.12. The number of allylic oxidation sites excluding steroid dienone is 3. The van der Waals surface area contributed by atoms with Crippen LogP contribution in [0.3, 0.4) is 0 Å². The molecule has 2 aliphatic rings. The molecule has 0 bridgehead atoms. The maximum absolute atomic E-state index is 4.95. The maximum atomic E-state index is 4.95. The number of anilines is 1. The van der Waals surface area contributed by atoms with E-state index in [4.69, 9.17) is 4.99 Å². The number of unbranched alkanes of at least 4 members (excludes halogenated alkanes) is 7. The Morgan fingerprint density at radius 3 is 2.60 bits per heavy atom. The number of benzene rings is 1. The van der Waals surface area contributed by atoms with Crippen molar-refractivity contribution >= 4 is 28.8 Å². The van der Waals surface area contributed by atoms with E-state index < -0.39 is 0 Å². The van der Waals surface area contributed by atoms with Crippen molar-refractivity contribution in [1.29, 1.82) is 0 Å². The van der Waals surface area contributed by atoms with Crippen LogP contribution in [0.5, 0.6) is 0 Å². The molecule has 0 spiro atoms. The van der Waals surface area contributed by atoms with Crippen LogP contribution in [0.1, 0.15) is 58.3 Å². The second kappa shape index (κ2) is 11.6. The van der Waals surface area contributed by atoms with Crippen LogP contribution in [-0.4, -0.2) is 37.8 Å². The number of likely N-dealkylation sites (N-methyl/N-ethyl adjacent to an activating group) is 1. The monoisotopic (exact) mass is 423 g/mol. The van der Waals surface area contributed by atoms with Crippen LogP contribution in [0.15, 0.2) is 62.9 Å². The molecule has 1 unspecified atom stereocenters. The summed E-state index contributed by atoms with van der Waals surface area (Å²) >= 11 is 1.83. The lowest BCUT2D eigenvalue weighted by molar-refractivity contribution is 0.382. The van der Waals surface area contributed by atoms with Gasteiger partial charge in [0.15, 0.2) is 0 Å². The summed E-state index contributed by atoms with van der Waals surface area (Å²) in [6.07, 6.45) is 20.0. The minimum Gasteiger partial charge on any atom is -0.388 e. The largest absolute Gasteiger partial charge is 0.388 e. The summed E-state index contributed by atoms with van der Waals surface area (Å²) in [6, 6.07) is 6.69. The molecule has 0 saturated carbocycles. The van der Waals surface area contributed by atoms with E-state index in [2.05, 4.69) is 73.7 Å². The number of hydrogen-bond acceptors (Lipinski definition) is 4. The first kappa shape index (κ1) is 22.9. The van der Waals surface area contributed by atoms with Gasteiger partial charge in [0.05, 0.1) is 17.4 Å². The average Bonchev–Trinajstić information content (AvgIpc) is 2.75. The summed E-state index contributed by atoms with van der Waals surface area (Å²) in [7, 11) is 6.27. The molecule has 1 aromatic carbocycles. The first-order valence-electron chi connectivity index (χ1n) is 11.5. The molecule has 1 atom stereocenters. The molecule has 30 heavy (non-hydrogen) atoms. The van der Waals surface area contributed by atoms with Gasteiger partial charge in [-0.3, -0.25) is 4.90 Å². The fraction of sp³-hybridized carbons (Fsp3) is 0.500. The zero-order valence-electron chi connectivity index (χ0n) is 19.1. The van der Waals surface area contributed by atoms with Gasteiger partial charge in [-0.2, -0.15) is 0 Å². The third-order valence-corrected chi connectivity index (χ3v) is 6.87. The molecule has 0 aromatic heterocycles. The van der Waals surface area contributed by atoms with Gasteiger partial charge < -0.3 is 5.32 Å². The summed E-state index contributed by atoms with van der Waals surface area (Å²) in [5, 5.41) is 3.22. The zero-order valence-corrected chi connectivity index (χ0v) is 19.9. The maximum Gasteiger partial charge on any atom is 0.0778 e. The number of nitrogens with one attached hydrogen (secondary N) is 1. The lowest BCUT2D eigenvalue weighted by Crippen LogP contribution is -2.31. The molecule has 0 radical (unpaired) electrons. The number of hydrogen-bond donors (Lipinski definition) is 1. The van der Waals surface area contributed by atoms with Crippen LogP contribution < -0.4 is 5.32 Å². The molecule has 0 fully saturated rings. The first-order chi connectivity index (χ1) is 14.6. The highest BCUT2D eigenvalue weighted by Crippen LogP contribution is 2.43. The quantitative estimate of drug-likeness (QED) is 0.377. The molecule has 1 heterocycles. The highest BCUT2D eigenvalue weighted by Gasteiger charge is 2.25. The highest BCUT2D eigenvalue weighted by molar-refractivity contribution is 8.04. The molecule has 1 aromatic rings. The van der Waals surface area contributed by atoms with Crippen LogP contribution >= 0.6 is 11.8 Å². The molecule has 0 amide bonds. The van der Waals surface area contributed by atoms with Crippen molar-refractivity contribution in [2.24, 2.45) is 4.99 Å². The molecule has 1 aliphatic heterocycles. The van der Waals surface area contributed by atoms with Gasteiger partial charge in [0, 0.05) is 22.5 Å². The highest BCUT2D eigenvalue weighted by atomic mass is 32.2. The normalized spacial score (nSPS) is 18.0. The molecule has 1 N–H and O–H groups in total. The van der Waals surface area contributed by atoms with E-state index in [-0.39, 0.29) is 0 Å². The van der Waals surface area contributed by atoms with Crippen molar-refractivity contribution < 1.29 is 0 Å². The van der Waals surface area contributed by atoms with Gasteiger partial charge in [0.25, 0.3) is 0 Å². The summed E-state index contributed by atoms with van der Waals surface area (Å²) in [5.74, 6) is 0. The van der Waals surface area contributed by atoms with E-state index >= 15 is 0 Å². The molecule has 3 nitrogen and oxygen atoms in total. The second-order valence-electron chi connectivity index (χ2n) is 8.43. The number of fused-ring (bicyclic) bond motifs is 2. The van der Waals surface area contributed by atoms with E-state index in [0.29, 0.717) is 6.04 Å². The lowest BCUT2D eigenvalue weighted by Gasteiger charge is -2.29. The van der Waals surface area contributed by atoms with Crippen LogP contribution in [0.25, 0.3) is 0 Å². The first-order valence-corrected chi connectivity index (χ1v) is 12.3. The number of thioether (sulfide) groups is 1. The Bertz CT molecular complexity index is 833. The van der Waals surface area contributed by atoms with Crippen molar-refractivity contribution in [3.63, 3.8) is 0 Å². The van der Waals surface area contributed by atoms with Crippen molar-refractivity contribution in [3.8, 4) is 0 Å². The smallest absolute Gasteiger partial charge is 0.0778 e. The zero-order chi connectivity index (χ0) is 21.3. The Kier molecular flexibility index (Phi) is 8.83. The van der Waals surface area contributed by atoms with Gasteiger partial charge >= 0.3 is 0 Å². The molecule has 4 heteroatoms. The van der Waals surface area contributed by atoms with Crippen molar-refractivity contribution in [2.45, 2.75) is 69.2 Å². The molecule has 1 aliphatic carbocycles. The lowest BCUT2D eigenvalue weighted by atomic mass is 9.97. The van der Waals surface area contributed by atoms with Crippen LogP contribution in [-0.2, 0) is 0 Å². The van der Waals surface area contributed by atoms with Crippen LogP contribution in [0.4, 0.5) is 11.4 Å². The van der Waals surface area contributed by atoms with Crippen molar-refractivity contribution in [2.75, 3.05) is 26.5 Å². The predicted octanol–water partition coefficient (Wildman–Crippen LogP) is 7.36. The van der Waals surface area contributed by atoms with Crippen LogP contribution in [0.2, 0.25) is 0 Å². The van der Waals surface area contributed by atoms with E-state index in [9.17, 15) is 0 Å². The van der Waals surface area contributed by atoms with E-state index in [1.807, 2.05) is 18.8 Å². The predicted molar refractivity (Wildman–Crippen MR) is 134 cm³/mol. The Morgan fingerprint density at radius 2 is 1.87 bits per heavy atom. The topological polar surface area (TPSA) is 27.6 Å². The fourth-order valence-corrected chi connectivity index (χ4v) is 4.98. The summed E-state index contributed by atoms with van der Waals surface area (Å²) in [6.45, 7) is 2.28. The third-order valence-electron chi connectivity index (χ3n) is 5.76. The number of nitrogens with zero attached hydrogens (tertiary/aromatic N) is 2. The Labute approximate surface area is 187 Å². The molecule has 0 saturated heterocycles. The SMILES string of the molecule is CCCCCCCCC/C=C/C1=CC2=Nc3ccc(NC)cc3SC2=CC1N(C)C. The van der Waals surface area contributed by atoms with Gasteiger partial charge in [-0.1, -0.05) is 69.4 Å². The molecule has 162 valence electrons. The van der Waals surface area contributed by atoms with Crippen molar-refractivity contribution in [3.05, 3.63) is 53.0 Å². The van der Waals surface area contributed by atoms with E-state index in [0.717, 1.165) is 17.1 Å². The van der Waals surface area contributed by atoms with Crippen molar-refractivity contribution in [1.82, 2.24) is 4.90 Å². The summed E-state index contributed by atoms with van der Waals surface area (Å²) in [5.41, 5.74) is 4.63. The van der Waals surface area contributed by atoms with Gasteiger partial charge in [-0.25, -0.2) is 4.99 Å². The molecular formula is C26H37N3S. The van der Waals surface area contributed by atoms with Gasteiger partial charge in [0.1, 0.15) is 0 Å². The number of aliphatic imine (C=N–C) groups is 1. The summed E-state index contributed by atoms with van der Waals surface area (Å²) in [4.78, 5) is 9.72. The standard InChI is InChI=1S/C26H37N3S/c1-5-6-7-8-9-10-11-12-13-14-20-17-23-26(19-24(20)29(3)4)30-25-18-21(27-2)15-16-22(25)28-23/h13-19,24,27H,5-12H2,1-4H3/b14-13+. The fourth-order valence-electron chi connectivity index (χ4n) is 3.94.